The molecule has 0 saturated carbocycles. The number of hydrogen-bond acceptors (Lipinski definition) is 5. The molecule has 0 amide bonds. The Morgan fingerprint density at radius 2 is 0.717 bits per heavy atom. The number of aliphatic hydroxyl groups excluding tert-OH is 1. The van der Waals surface area contributed by atoms with Gasteiger partial charge in [0.2, 0.25) is 0 Å². The Morgan fingerprint density at radius 3 is 1.08 bits per heavy atom. The summed E-state index contributed by atoms with van der Waals surface area (Å²) in [6.07, 6.45) is 67.6. The smallest absolute Gasteiger partial charge is 0.306 e. The second-order valence-electron chi connectivity index (χ2n) is 17.2. The van der Waals surface area contributed by atoms with Crippen molar-refractivity contribution in [1.29, 1.82) is 0 Å². The average molecular weight is 839 g/mol. The lowest BCUT2D eigenvalue weighted by Gasteiger charge is -2.15. The molecule has 5 heteroatoms. The Kier molecular flexibility index (Phi) is 48.9. The zero-order valence-corrected chi connectivity index (χ0v) is 39.7. The van der Waals surface area contributed by atoms with Crippen molar-refractivity contribution in [3.05, 3.63) is 60.8 Å². The zero-order valence-electron chi connectivity index (χ0n) is 39.7. The van der Waals surface area contributed by atoms with Crippen LogP contribution in [0.4, 0.5) is 0 Å². The van der Waals surface area contributed by atoms with Crippen molar-refractivity contribution in [1.82, 2.24) is 0 Å². The van der Waals surface area contributed by atoms with E-state index in [0.717, 1.165) is 77.0 Å². The molecule has 0 radical (unpaired) electrons. The Bertz CT molecular complexity index is 1040. The summed E-state index contributed by atoms with van der Waals surface area (Å²) in [5, 5.41) is 9.62. The van der Waals surface area contributed by atoms with E-state index in [9.17, 15) is 14.7 Å². The summed E-state index contributed by atoms with van der Waals surface area (Å²) in [6, 6.07) is 0. The third kappa shape index (κ3) is 48.3. The summed E-state index contributed by atoms with van der Waals surface area (Å²) in [4.78, 5) is 24.4. The summed E-state index contributed by atoms with van der Waals surface area (Å²) in [7, 11) is 0. The number of aliphatic hydroxyl groups is 1. The van der Waals surface area contributed by atoms with Gasteiger partial charge in [0, 0.05) is 12.8 Å². The largest absolute Gasteiger partial charge is 0.462 e. The highest BCUT2D eigenvalue weighted by Crippen LogP contribution is 2.17. The third-order valence-electron chi connectivity index (χ3n) is 11.3. The monoisotopic (exact) mass is 839 g/mol. The molecule has 0 saturated heterocycles. The molecule has 0 aliphatic heterocycles. The first-order valence-corrected chi connectivity index (χ1v) is 25.8. The fourth-order valence-corrected chi connectivity index (χ4v) is 7.47. The molecule has 0 spiro atoms. The van der Waals surface area contributed by atoms with Gasteiger partial charge in [-0.05, 0) is 57.8 Å². The molecule has 1 unspecified atom stereocenters. The maximum absolute atomic E-state index is 12.2. The lowest BCUT2D eigenvalue weighted by Crippen LogP contribution is -2.28. The van der Waals surface area contributed by atoms with Gasteiger partial charge in [-0.15, -0.1) is 0 Å². The van der Waals surface area contributed by atoms with E-state index in [2.05, 4.69) is 74.6 Å². The highest BCUT2D eigenvalue weighted by atomic mass is 16.6. The predicted octanol–water partition coefficient (Wildman–Crippen LogP) is 17.1. The third-order valence-corrected chi connectivity index (χ3v) is 11.3. The topological polar surface area (TPSA) is 72.8 Å². The van der Waals surface area contributed by atoms with E-state index in [0.29, 0.717) is 12.8 Å². The van der Waals surface area contributed by atoms with Crippen molar-refractivity contribution in [2.45, 2.75) is 264 Å². The van der Waals surface area contributed by atoms with Crippen LogP contribution in [0, 0.1) is 0 Å². The molecule has 348 valence electrons. The van der Waals surface area contributed by atoms with E-state index < -0.39 is 6.10 Å². The Labute approximate surface area is 372 Å². The van der Waals surface area contributed by atoms with Crippen LogP contribution in [0.1, 0.15) is 258 Å². The number of rotatable bonds is 47. The van der Waals surface area contributed by atoms with E-state index >= 15 is 0 Å². The number of esters is 2. The number of ether oxygens (including phenoxy) is 2. The van der Waals surface area contributed by atoms with Gasteiger partial charge in [-0.25, -0.2) is 0 Å². The van der Waals surface area contributed by atoms with E-state index in [1.54, 1.807) is 0 Å². The molecule has 0 aromatic heterocycles. The number of carbonyl (C=O) groups is 2. The first-order valence-electron chi connectivity index (χ1n) is 25.8. The molecular formula is C55H98O5. The standard InChI is InChI=1S/C55H98O5/c1-3-5-7-9-11-13-15-17-19-21-23-24-25-26-27-28-29-30-32-33-35-37-39-41-43-45-47-49-54(57)59-52-53(51-56)60-55(58)50-48-46-44-42-40-38-36-34-31-22-20-18-16-14-12-10-8-6-4-2/h6,8,12,14,18,20,31,34,38,40,53,56H,3-5,7,9-11,13,15-17,19,21-30,32-33,35-37,39,41-52H2,1-2H3/b8-6-,14-12-,20-18-,34-31-,40-38-. The van der Waals surface area contributed by atoms with Gasteiger partial charge < -0.3 is 14.6 Å². The summed E-state index contributed by atoms with van der Waals surface area (Å²) < 4.78 is 10.7. The molecule has 0 bridgehead atoms. The minimum absolute atomic E-state index is 0.0787. The zero-order chi connectivity index (χ0) is 43.5. The minimum Gasteiger partial charge on any atom is -0.462 e. The first-order chi connectivity index (χ1) is 29.6. The highest BCUT2D eigenvalue weighted by molar-refractivity contribution is 5.70. The van der Waals surface area contributed by atoms with Crippen LogP contribution in [-0.4, -0.2) is 36.4 Å². The van der Waals surface area contributed by atoms with E-state index in [-0.39, 0.29) is 25.2 Å². The predicted molar refractivity (Wildman–Crippen MR) is 260 cm³/mol. The van der Waals surface area contributed by atoms with Gasteiger partial charge in [-0.2, -0.15) is 0 Å². The van der Waals surface area contributed by atoms with Crippen LogP contribution in [0.25, 0.3) is 0 Å². The lowest BCUT2D eigenvalue weighted by atomic mass is 10.0. The maximum Gasteiger partial charge on any atom is 0.306 e. The lowest BCUT2D eigenvalue weighted by molar-refractivity contribution is -0.161. The SMILES string of the molecule is CC/C=C\C/C=C\C/C=C\C/C=C\C/C=C\CCCCCC(=O)OC(CO)COC(=O)CCCCCCCCCCCCCCCCCCCCCCCCCCCCC. The quantitative estimate of drug-likeness (QED) is 0.0375. The van der Waals surface area contributed by atoms with Crippen molar-refractivity contribution >= 4 is 11.9 Å². The van der Waals surface area contributed by atoms with Crippen molar-refractivity contribution in [3.63, 3.8) is 0 Å². The molecular weight excluding hydrogens is 741 g/mol. The molecule has 1 atom stereocenters. The van der Waals surface area contributed by atoms with E-state index in [1.807, 2.05) is 0 Å². The van der Waals surface area contributed by atoms with Crippen LogP contribution < -0.4 is 0 Å². The number of allylic oxidation sites excluding steroid dienone is 10. The average Bonchev–Trinajstić information content (AvgIpc) is 3.25. The Morgan fingerprint density at radius 1 is 0.400 bits per heavy atom. The second-order valence-corrected chi connectivity index (χ2v) is 17.2. The van der Waals surface area contributed by atoms with E-state index in [1.165, 1.54) is 154 Å². The summed E-state index contributed by atoms with van der Waals surface area (Å²) in [5.74, 6) is -0.621. The summed E-state index contributed by atoms with van der Waals surface area (Å²) in [5.41, 5.74) is 0. The molecule has 0 heterocycles. The Balaban J connectivity index is 3.50. The summed E-state index contributed by atoms with van der Waals surface area (Å²) >= 11 is 0. The fourth-order valence-electron chi connectivity index (χ4n) is 7.47. The molecule has 0 aliphatic rings. The van der Waals surface area contributed by atoms with Crippen molar-refractivity contribution in [2.75, 3.05) is 13.2 Å². The van der Waals surface area contributed by atoms with Gasteiger partial charge in [0.1, 0.15) is 6.61 Å². The van der Waals surface area contributed by atoms with Gasteiger partial charge in [0.05, 0.1) is 6.61 Å². The van der Waals surface area contributed by atoms with Crippen LogP contribution in [0.15, 0.2) is 60.8 Å². The molecule has 0 aliphatic carbocycles. The number of hydrogen-bond donors (Lipinski definition) is 1. The minimum atomic E-state index is -0.790. The second kappa shape index (κ2) is 51.0. The van der Waals surface area contributed by atoms with Gasteiger partial charge in [0.25, 0.3) is 0 Å². The van der Waals surface area contributed by atoms with E-state index in [4.69, 9.17) is 9.47 Å². The number of carbonyl (C=O) groups excluding carboxylic acids is 2. The van der Waals surface area contributed by atoms with Crippen molar-refractivity contribution in [3.8, 4) is 0 Å². The van der Waals surface area contributed by atoms with Crippen molar-refractivity contribution in [2.24, 2.45) is 0 Å². The molecule has 1 N–H and O–H groups in total. The van der Waals surface area contributed by atoms with Crippen molar-refractivity contribution < 1.29 is 24.2 Å². The number of unbranched alkanes of at least 4 members (excludes halogenated alkanes) is 29. The molecule has 5 nitrogen and oxygen atoms in total. The van der Waals surface area contributed by atoms with Crippen LogP contribution in [0.3, 0.4) is 0 Å². The van der Waals surface area contributed by atoms with Gasteiger partial charge in [0.15, 0.2) is 6.10 Å². The van der Waals surface area contributed by atoms with Gasteiger partial charge >= 0.3 is 11.9 Å². The molecule has 0 aromatic carbocycles. The molecule has 0 rings (SSSR count). The highest BCUT2D eigenvalue weighted by Gasteiger charge is 2.16. The van der Waals surface area contributed by atoms with Crippen LogP contribution in [0.5, 0.6) is 0 Å². The summed E-state index contributed by atoms with van der Waals surface area (Å²) in [6.45, 7) is 4.02. The van der Waals surface area contributed by atoms with Crippen LogP contribution in [0.2, 0.25) is 0 Å². The van der Waals surface area contributed by atoms with Crippen LogP contribution in [-0.2, 0) is 19.1 Å². The maximum atomic E-state index is 12.2. The Hall–Kier alpha value is -2.40. The first kappa shape index (κ1) is 57.6. The van der Waals surface area contributed by atoms with Crippen LogP contribution >= 0.6 is 0 Å². The van der Waals surface area contributed by atoms with Gasteiger partial charge in [-0.1, -0.05) is 248 Å². The normalized spacial score (nSPS) is 12.7. The molecule has 0 fully saturated rings. The molecule has 0 aromatic rings. The fraction of sp³-hybridized carbons (Fsp3) is 0.782. The molecule has 60 heavy (non-hydrogen) atoms. The van der Waals surface area contributed by atoms with Gasteiger partial charge in [-0.3, -0.25) is 9.59 Å².